The average molecular weight is 308 g/mol. The molecular weight excluding hydrogens is 284 g/mol. The van der Waals surface area contributed by atoms with Gasteiger partial charge in [0.1, 0.15) is 12.1 Å². The first kappa shape index (κ1) is 16.0. The lowest BCUT2D eigenvalue weighted by Crippen LogP contribution is -2.63. The van der Waals surface area contributed by atoms with Gasteiger partial charge in [0, 0.05) is 4.88 Å². The third kappa shape index (κ3) is 3.12. The SMILES string of the molecule is CCCC1NC(=O)C(CC)N(C(CC)c2cccs2)C1=O. The zero-order valence-corrected chi connectivity index (χ0v) is 13.8. The Labute approximate surface area is 130 Å². The number of hydrogen-bond donors (Lipinski definition) is 1. The normalized spacial score (nSPS) is 24.0. The summed E-state index contributed by atoms with van der Waals surface area (Å²) in [5.74, 6) is 0.0640. The number of nitrogens with one attached hydrogen (secondary N) is 1. The van der Waals surface area contributed by atoms with E-state index in [1.807, 2.05) is 30.2 Å². The number of amides is 2. The minimum absolute atomic E-state index is 0.00727. The fraction of sp³-hybridized carbons (Fsp3) is 0.625. The summed E-state index contributed by atoms with van der Waals surface area (Å²) < 4.78 is 0. The van der Waals surface area contributed by atoms with Crippen LogP contribution >= 0.6 is 11.3 Å². The number of piperazine rings is 1. The number of carbonyl (C=O) groups excluding carboxylic acids is 2. The molecule has 1 aromatic rings. The molecule has 2 heterocycles. The molecule has 5 heteroatoms. The summed E-state index contributed by atoms with van der Waals surface area (Å²) in [5, 5.41) is 4.92. The van der Waals surface area contributed by atoms with Gasteiger partial charge in [0.25, 0.3) is 0 Å². The Kier molecular flexibility index (Phi) is 5.39. The number of thiophene rings is 1. The van der Waals surface area contributed by atoms with Crippen molar-refractivity contribution in [1.29, 1.82) is 0 Å². The number of carbonyl (C=O) groups is 2. The van der Waals surface area contributed by atoms with E-state index in [1.54, 1.807) is 11.3 Å². The van der Waals surface area contributed by atoms with Gasteiger partial charge in [-0.25, -0.2) is 0 Å². The molecule has 4 nitrogen and oxygen atoms in total. The molecule has 0 spiro atoms. The highest BCUT2D eigenvalue weighted by Crippen LogP contribution is 2.33. The number of hydrogen-bond acceptors (Lipinski definition) is 3. The molecule has 3 unspecified atom stereocenters. The lowest BCUT2D eigenvalue weighted by Gasteiger charge is -2.42. The number of rotatable bonds is 6. The number of nitrogens with zero attached hydrogens (tertiary/aromatic N) is 1. The van der Waals surface area contributed by atoms with Crippen LogP contribution in [0.4, 0.5) is 0 Å². The van der Waals surface area contributed by atoms with Crippen LogP contribution in [0.25, 0.3) is 0 Å². The van der Waals surface area contributed by atoms with Crippen LogP contribution in [0.5, 0.6) is 0 Å². The fourth-order valence-electron chi connectivity index (χ4n) is 3.04. The Morgan fingerprint density at radius 3 is 2.62 bits per heavy atom. The van der Waals surface area contributed by atoms with Crippen molar-refractivity contribution < 1.29 is 9.59 Å². The quantitative estimate of drug-likeness (QED) is 0.878. The fourth-order valence-corrected chi connectivity index (χ4v) is 3.95. The molecule has 1 aliphatic heterocycles. The smallest absolute Gasteiger partial charge is 0.246 e. The Bertz CT molecular complexity index is 486. The van der Waals surface area contributed by atoms with Gasteiger partial charge in [-0.3, -0.25) is 9.59 Å². The summed E-state index contributed by atoms with van der Waals surface area (Å²) in [5.41, 5.74) is 0. The summed E-state index contributed by atoms with van der Waals surface area (Å²) in [6.07, 6.45) is 3.07. The molecule has 2 rings (SSSR count). The molecule has 116 valence electrons. The second-order valence-corrected chi connectivity index (χ2v) is 6.44. The van der Waals surface area contributed by atoms with E-state index < -0.39 is 0 Å². The van der Waals surface area contributed by atoms with E-state index in [0.717, 1.165) is 17.7 Å². The van der Waals surface area contributed by atoms with E-state index in [1.165, 1.54) is 0 Å². The third-order valence-corrected chi connectivity index (χ3v) is 5.04. The van der Waals surface area contributed by atoms with Crippen LogP contribution < -0.4 is 5.32 Å². The molecule has 1 aliphatic rings. The van der Waals surface area contributed by atoms with Crippen LogP contribution in [0.1, 0.15) is 57.4 Å². The molecule has 2 amide bonds. The van der Waals surface area contributed by atoms with Crippen molar-refractivity contribution in [2.45, 2.75) is 64.6 Å². The Hall–Kier alpha value is -1.36. The molecule has 0 aliphatic carbocycles. The van der Waals surface area contributed by atoms with Gasteiger partial charge in [-0.15, -0.1) is 11.3 Å². The summed E-state index contributed by atoms with van der Waals surface area (Å²) in [6.45, 7) is 6.07. The van der Waals surface area contributed by atoms with Crippen molar-refractivity contribution in [1.82, 2.24) is 10.2 Å². The van der Waals surface area contributed by atoms with Crippen molar-refractivity contribution in [3.63, 3.8) is 0 Å². The molecule has 21 heavy (non-hydrogen) atoms. The van der Waals surface area contributed by atoms with E-state index >= 15 is 0 Å². The van der Waals surface area contributed by atoms with Gasteiger partial charge in [0.05, 0.1) is 6.04 Å². The molecule has 1 N–H and O–H groups in total. The highest BCUT2D eigenvalue weighted by Gasteiger charge is 2.42. The third-order valence-electron chi connectivity index (χ3n) is 4.07. The topological polar surface area (TPSA) is 49.4 Å². The lowest BCUT2D eigenvalue weighted by atomic mass is 9.98. The van der Waals surface area contributed by atoms with Crippen molar-refractivity contribution in [2.24, 2.45) is 0 Å². The molecule has 1 fully saturated rings. The predicted octanol–water partition coefficient (Wildman–Crippen LogP) is 3.10. The largest absolute Gasteiger partial charge is 0.343 e. The second-order valence-electron chi connectivity index (χ2n) is 5.46. The zero-order valence-electron chi connectivity index (χ0n) is 13.0. The van der Waals surface area contributed by atoms with Crippen LogP contribution in [-0.2, 0) is 9.59 Å². The molecule has 1 saturated heterocycles. The van der Waals surface area contributed by atoms with E-state index in [0.29, 0.717) is 12.8 Å². The summed E-state index contributed by atoms with van der Waals surface area (Å²) in [4.78, 5) is 28.2. The van der Waals surface area contributed by atoms with Crippen LogP contribution in [0.2, 0.25) is 0 Å². The molecule has 1 aromatic heterocycles. The van der Waals surface area contributed by atoms with Crippen LogP contribution in [-0.4, -0.2) is 28.8 Å². The van der Waals surface area contributed by atoms with Gasteiger partial charge in [-0.2, -0.15) is 0 Å². The Morgan fingerprint density at radius 1 is 1.33 bits per heavy atom. The second kappa shape index (κ2) is 7.07. The Balaban J connectivity index is 2.34. The van der Waals surface area contributed by atoms with Gasteiger partial charge in [-0.05, 0) is 30.7 Å². The molecular formula is C16H24N2O2S. The van der Waals surface area contributed by atoms with Crippen molar-refractivity contribution >= 4 is 23.2 Å². The minimum atomic E-state index is -0.362. The Morgan fingerprint density at radius 2 is 2.10 bits per heavy atom. The summed E-state index contributed by atoms with van der Waals surface area (Å²) in [6, 6.07) is 3.35. The maximum atomic E-state index is 12.8. The maximum Gasteiger partial charge on any atom is 0.246 e. The van der Waals surface area contributed by atoms with Gasteiger partial charge in [-0.1, -0.05) is 33.3 Å². The van der Waals surface area contributed by atoms with Gasteiger partial charge >= 0.3 is 0 Å². The van der Waals surface area contributed by atoms with E-state index in [9.17, 15) is 9.59 Å². The first-order valence-electron chi connectivity index (χ1n) is 7.79. The first-order valence-corrected chi connectivity index (χ1v) is 8.67. The molecule has 0 radical (unpaired) electrons. The highest BCUT2D eigenvalue weighted by molar-refractivity contribution is 7.10. The van der Waals surface area contributed by atoms with Gasteiger partial charge < -0.3 is 10.2 Å². The van der Waals surface area contributed by atoms with Crippen LogP contribution in [0.15, 0.2) is 17.5 Å². The van der Waals surface area contributed by atoms with Gasteiger partial charge in [0.15, 0.2) is 0 Å². The average Bonchev–Trinajstić information content (AvgIpc) is 2.99. The zero-order chi connectivity index (χ0) is 15.4. The predicted molar refractivity (Wildman–Crippen MR) is 85.1 cm³/mol. The van der Waals surface area contributed by atoms with Crippen molar-refractivity contribution in [3.05, 3.63) is 22.4 Å². The van der Waals surface area contributed by atoms with Crippen LogP contribution in [0, 0.1) is 0 Å². The molecule has 0 bridgehead atoms. The maximum absolute atomic E-state index is 12.8. The lowest BCUT2D eigenvalue weighted by molar-refractivity contribution is -0.152. The van der Waals surface area contributed by atoms with E-state index in [4.69, 9.17) is 0 Å². The minimum Gasteiger partial charge on any atom is -0.343 e. The van der Waals surface area contributed by atoms with E-state index in [2.05, 4.69) is 18.3 Å². The van der Waals surface area contributed by atoms with Crippen molar-refractivity contribution in [2.75, 3.05) is 0 Å². The summed E-state index contributed by atoms with van der Waals surface area (Å²) in [7, 11) is 0. The first-order chi connectivity index (χ1) is 10.1. The van der Waals surface area contributed by atoms with Gasteiger partial charge in [0.2, 0.25) is 11.8 Å². The summed E-state index contributed by atoms with van der Waals surface area (Å²) >= 11 is 1.65. The highest BCUT2D eigenvalue weighted by atomic mass is 32.1. The van der Waals surface area contributed by atoms with Crippen molar-refractivity contribution in [3.8, 4) is 0 Å². The van der Waals surface area contributed by atoms with E-state index in [-0.39, 0.29) is 29.9 Å². The standard InChI is InChI=1S/C16H24N2O2S/c1-4-8-11-16(20)18(13(6-3)15(19)17-11)12(5-2)14-9-7-10-21-14/h7,9-13H,4-6,8H2,1-3H3,(H,17,19). The monoisotopic (exact) mass is 308 g/mol. The van der Waals surface area contributed by atoms with Crippen LogP contribution in [0.3, 0.4) is 0 Å². The molecule has 0 saturated carbocycles. The molecule has 0 aromatic carbocycles. The molecule has 3 atom stereocenters.